The number of ether oxygens (including phenoxy) is 1. The summed E-state index contributed by atoms with van der Waals surface area (Å²) in [4.78, 5) is 4.08. The molecule has 1 aromatic rings. The van der Waals surface area contributed by atoms with Crippen LogP contribution in [0.25, 0.3) is 0 Å². The first-order valence-corrected chi connectivity index (χ1v) is 5.39. The third-order valence-corrected chi connectivity index (χ3v) is 2.68. The van der Waals surface area contributed by atoms with Crippen molar-refractivity contribution in [3.8, 4) is 0 Å². The molecule has 0 aliphatic heterocycles. The molecule has 0 radical (unpaired) electrons. The van der Waals surface area contributed by atoms with Crippen molar-refractivity contribution < 1.29 is 4.74 Å². The Morgan fingerprint density at radius 3 is 2.87 bits per heavy atom. The van der Waals surface area contributed by atoms with Gasteiger partial charge in [0.25, 0.3) is 0 Å². The molecule has 1 rings (SSSR count). The lowest BCUT2D eigenvalue weighted by Gasteiger charge is -2.19. The van der Waals surface area contributed by atoms with Crippen molar-refractivity contribution in [2.24, 2.45) is 0 Å². The number of nitrogens with one attached hydrogen (secondary N) is 1. The number of hydrogen-bond acceptors (Lipinski definition) is 3. The van der Waals surface area contributed by atoms with Gasteiger partial charge in [-0.25, -0.2) is 0 Å². The number of methoxy groups -OCH3 is 1. The van der Waals surface area contributed by atoms with Gasteiger partial charge in [-0.2, -0.15) is 0 Å². The normalized spacial score (nSPS) is 14.9. The number of rotatable bonds is 6. The van der Waals surface area contributed by atoms with Crippen LogP contribution >= 0.6 is 0 Å². The molecule has 2 unspecified atom stereocenters. The average Bonchev–Trinajstić information content (AvgIpc) is 2.29. The second kappa shape index (κ2) is 6.53. The van der Waals surface area contributed by atoms with Gasteiger partial charge in [-0.15, -0.1) is 0 Å². The molecule has 84 valence electrons. The van der Waals surface area contributed by atoms with Crippen LogP contribution in [0, 0.1) is 0 Å². The van der Waals surface area contributed by atoms with Crippen molar-refractivity contribution in [2.75, 3.05) is 13.7 Å². The molecule has 0 saturated heterocycles. The molecule has 0 fully saturated rings. The van der Waals surface area contributed by atoms with Gasteiger partial charge in [0.2, 0.25) is 0 Å². The Morgan fingerprint density at radius 2 is 2.27 bits per heavy atom. The van der Waals surface area contributed by atoms with Gasteiger partial charge in [-0.05, 0) is 38.4 Å². The highest BCUT2D eigenvalue weighted by atomic mass is 16.5. The molecule has 1 heterocycles. The van der Waals surface area contributed by atoms with Gasteiger partial charge in [-0.1, -0.05) is 6.07 Å². The van der Waals surface area contributed by atoms with Gasteiger partial charge in [0, 0.05) is 25.5 Å². The Hall–Kier alpha value is -0.930. The molecule has 1 N–H and O–H groups in total. The summed E-state index contributed by atoms with van der Waals surface area (Å²) in [5.41, 5.74) is 1.27. The van der Waals surface area contributed by atoms with Crippen LogP contribution in [0.5, 0.6) is 0 Å². The molecule has 0 amide bonds. The quantitative estimate of drug-likeness (QED) is 0.771. The molecule has 0 aliphatic carbocycles. The molecule has 0 aromatic carbocycles. The molecular formula is C12H20N2O. The average molecular weight is 208 g/mol. The van der Waals surface area contributed by atoms with Crippen LogP contribution < -0.4 is 5.32 Å². The minimum Gasteiger partial charge on any atom is -0.380 e. The third-order valence-electron chi connectivity index (χ3n) is 2.68. The Bertz CT molecular complexity index is 264. The number of pyridine rings is 1. The van der Waals surface area contributed by atoms with Crippen LogP contribution in [0.1, 0.15) is 19.4 Å². The number of aromatic nitrogens is 1. The second-order valence-corrected chi connectivity index (χ2v) is 3.79. The summed E-state index contributed by atoms with van der Waals surface area (Å²) >= 11 is 0. The van der Waals surface area contributed by atoms with Crippen molar-refractivity contribution in [3.63, 3.8) is 0 Å². The summed E-state index contributed by atoms with van der Waals surface area (Å²) in [7, 11) is 1.74. The maximum absolute atomic E-state index is 5.24. The molecule has 15 heavy (non-hydrogen) atoms. The lowest BCUT2D eigenvalue weighted by molar-refractivity contribution is 0.0890. The van der Waals surface area contributed by atoms with Gasteiger partial charge in [0.1, 0.15) is 0 Å². The fourth-order valence-electron chi connectivity index (χ4n) is 1.36. The van der Waals surface area contributed by atoms with Gasteiger partial charge in [0.05, 0.1) is 6.10 Å². The first-order chi connectivity index (χ1) is 7.24. The second-order valence-electron chi connectivity index (χ2n) is 3.79. The smallest absolute Gasteiger partial charge is 0.0693 e. The summed E-state index contributed by atoms with van der Waals surface area (Å²) in [6.07, 6.45) is 4.96. The minimum atomic E-state index is 0.249. The summed E-state index contributed by atoms with van der Waals surface area (Å²) < 4.78 is 5.24. The monoisotopic (exact) mass is 208 g/mol. The van der Waals surface area contributed by atoms with E-state index in [0.29, 0.717) is 6.04 Å². The van der Waals surface area contributed by atoms with Gasteiger partial charge >= 0.3 is 0 Å². The van der Waals surface area contributed by atoms with Crippen LogP contribution in [-0.2, 0) is 11.2 Å². The maximum atomic E-state index is 5.24. The molecule has 0 spiro atoms. The summed E-state index contributed by atoms with van der Waals surface area (Å²) in [5, 5.41) is 3.43. The van der Waals surface area contributed by atoms with Crippen molar-refractivity contribution in [2.45, 2.75) is 32.4 Å². The Labute approximate surface area is 91.9 Å². The predicted molar refractivity (Wildman–Crippen MR) is 61.9 cm³/mol. The molecule has 3 heteroatoms. The van der Waals surface area contributed by atoms with Gasteiger partial charge in [-0.3, -0.25) is 4.98 Å². The fourth-order valence-corrected chi connectivity index (χ4v) is 1.36. The van der Waals surface area contributed by atoms with Crippen LogP contribution in [0.4, 0.5) is 0 Å². The molecule has 2 atom stereocenters. The largest absolute Gasteiger partial charge is 0.380 e. The Balaban J connectivity index is 2.22. The van der Waals surface area contributed by atoms with Crippen molar-refractivity contribution in [3.05, 3.63) is 30.1 Å². The first kappa shape index (κ1) is 12.1. The van der Waals surface area contributed by atoms with E-state index in [1.807, 2.05) is 12.3 Å². The highest BCUT2D eigenvalue weighted by molar-refractivity contribution is 5.08. The van der Waals surface area contributed by atoms with Gasteiger partial charge in [0.15, 0.2) is 0 Å². The third kappa shape index (κ3) is 4.40. The van der Waals surface area contributed by atoms with E-state index in [9.17, 15) is 0 Å². The first-order valence-electron chi connectivity index (χ1n) is 5.39. The van der Waals surface area contributed by atoms with Crippen LogP contribution in [0.2, 0.25) is 0 Å². The number of hydrogen-bond donors (Lipinski definition) is 1. The van der Waals surface area contributed by atoms with E-state index in [0.717, 1.165) is 13.0 Å². The zero-order chi connectivity index (χ0) is 11.1. The Kier molecular flexibility index (Phi) is 5.29. The molecule has 0 aliphatic rings. The van der Waals surface area contributed by atoms with Gasteiger partial charge < -0.3 is 10.1 Å². The maximum Gasteiger partial charge on any atom is 0.0693 e. The summed E-state index contributed by atoms with van der Waals surface area (Å²) in [6.45, 7) is 5.17. The van der Waals surface area contributed by atoms with E-state index >= 15 is 0 Å². The zero-order valence-corrected chi connectivity index (χ0v) is 9.73. The topological polar surface area (TPSA) is 34.1 Å². The fraction of sp³-hybridized carbons (Fsp3) is 0.583. The lowest BCUT2D eigenvalue weighted by atomic mass is 10.2. The number of nitrogens with zero attached hydrogens (tertiary/aromatic N) is 1. The van der Waals surface area contributed by atoms with Crippen LogP contribution in [0.3, 0.4) is 0 Å². The predicted octanol–water partition coefficient (Wildman–Crippen LogP) is 1.64. The molecule has 0 bridgehead atoms. The van der Waals surface area contributed by atoms with E-state index in [2.05, 4.69) is 30.2 Å². The van der Waals surface area contributed by atoms with E-state index in [4.69, 9.17) is 4.74 Å². The van der Waals surface area contributed by atoms with Crippen molar-refractivity contribution in [1.82, 2.24) is 10.3 Å². The van der Waals surface area contributed by atoms with E-state index in [1.54, 1.807) is 13.3 Å². The van der Waals surface area contributed by atoms with Crippen LogP contribution in [-0.4, -0.2) is 30.8 Å². The standard InChI is InChI=1S/C12H20N2O/c1-10(11(2)15-3)14-8-6-12-5-4-7-13-9-12/h4-5,7,9-11,14H,6,8H2,1-3H3. The SMILES string of the molecule is COC(C)C(C)NCCc1cccnc1. The highest BCUT2D eigenvalue weighted by Gasteiger charge is 2.09. The van der Waals surface area contributed by atoms with E-state index in [1.165, 1.54) is 5.56 Å². The Morgan fingerprint density at radius 1 is 1.47 bits per heavy atom. The molecular weight excluding hydrogens is 188 g/mol. The zero-order valence-electron chi connectivity index (χ0n) is 9.73. The lowest BCUT2D eigenvalue weighted by Crippen LogP contribution is -2.37. The van der Waals surface area contributed by atoms with E-state index < -0.39 is 0 Å². The van der Waals surface area contributed by atoms with E-state index in [-0.39, 0.29) is 6.10 Å². The summed E-state index contributed by atoms with van der Waals surface area (Å²) in [5.74, 6) is 0. The van der Waals surface area contributed by atoms with Crippen molar-refractivity contribution >= 4 is 0 Å². The highest BCUT2D eigenvalue weighted by Crippen LogP contribution is 1.98. The molecule has 0 saturated carbocycles. The molecule has 3 nitrogen and oxygen atoms in total. The minimum absolute atomic E-state index is 0.249. The molecule has 1 aromatic heterocycles. The summed E-state index contributed by atoms with van der Waals surface area (Å²) in [6, 6.07) is 4.45. The van der Waals surface area contributed by atoms with Crippen LogP contribution in [0.15, 0.2) is 24.5 Å². The van der Waals surface area contributed by atoms with Crippen molar-refractivity contribution in [1.29, 1.82) is 0 Å².